The summed E-state index contributed by atoms with van der Waals surface area (Å²) in [5, 5.41) is 0.186. The minimum Gasteiger partial charge on any atom is -0.398 e. The van der Waals surface area contributed by atoms with E-state index in [2.05, 4.69) is 0 Å². The Kier molecular flexibility index (Phi) is 2.44. The van der Waals surface area contributed by atoms with E-state index in [1.54, 1.807) is 0 Å². The highest BCUT2D eigenvalue weighted by atomic mass is 31.2. The van der Waals surface area contributed by atoms with Crippen LogP contribution in [0.25, 0.3) is 0 Å². The van der Waals surface area contributed by atoms with E-state index < -0.39 is 18.8 Å². The van der Waals surface area contributed by atoms with Crippen molar-refractivity contribution in [2.45, 2.75) is 0 Å². The number of benzene rings is 1. The first-order valence-corrected chi connectivity index (χ1v) is 6.22. The summed E-state index contributed by atoms with van der Waals surface area (Å²) in [4.78, 5) is 0. The molecule has 0 atom stereocenters. The Balaban J connectivity index is 3.41. The van der Waals surface area contributed by atoms with Crippen molar-refractivity contribution in [3.05, 3.63) is 23.8 Å². The van der Waals surface area contributed by atoms with Crippen LogP contribution in [-0.2, 0) is 4.57 Å². The number of anilines is 1. The predicted octanol–water partition coefficient (Wildman–Crippen LogP) is 1.79. The van der Waals surface area contributed by atoms with E-state index in [1.165, 1.54) is 13.3 Å². The minimum atomic E-state index is -2.63. The van der Waals surface area contributed by atoms with Crippen LogP contribution in [-0.4, -0.2) is 13.3 Å². The van der Waals surface area contributed by atoms with Crippen molar-refractivity contribution in [1.82, 2.24) is 0 Å². The van der Waals surface area contributed by atoms with Gasteiger partial charge in [0.25, 0.3) is 0 Å². The number of nitrogen functional groups attached to an aromatic ring is 1. The standard InChI is InChI=1S/C8H10F2NOP/c1-13(2,12)8-4-6(10)5(9)3-7(8)11/h3-4H,11H2,1-2H3. The van der Waals surface area contributed by atoms with Gasteiger partial charge in [-0.1, -0.05) is 0 Å². The molecule has 0 unspecified atom stereocenters. The van der Waals surface area contributed by atoms with Gasteiger partial charge in [0.1, 0.15) is 7.14 Å². The molecule has 0 aliphatic carbocycles. The molecule has 0 aromatic heterocycles. The lowest BCUT2D eigenvalue weighted by Gasteiger charge is -2.10. The van der Waals surface area contributed by atoms with Crippen LogP contribution in [0.4, 0.5) is 14.5 Å². The lowest BCUT2D eigenvalue weighted by Crippen LogP contribution is -2.11. The molecule has 1 aromatic rings. The van der Waals surface area contributed by atoms with Crippen LogP contribution in [0.3, 0.4) is 0 Å². The van der Waals surface area contributed by atoms with E-state index in [0.717, 1.165) is 12.1 Å². The number of nitrogens with two attached hydrogens (primary N) is 1. The van der Waals surface area contributed by atoms with Gasteiger partial charge in [-0.25, -0.2) is 8.78 Å². The van der Waals surface area contributed by atoms with Gasteiger partial charge >= 0.3 is 0 Å². The van der Waals surface area contributed by atoms with Gasteiger partial charge in [-0.05, 0) is 19.4 Å². The molecule has 72 valence electrons. The van der Waals surface area contributed by atoms with Crippen molar-refractivity contribution in [3.63, 3.8) is 0 Å². The zero-order valence-corrected chi connectivity index (χ0v) is 8.24. The first-order valence-electron chi connectivity index (χ1n) is 3.62. The molecular weight excluding hydrogens is 195 g/mol. The van der Waals surface area contributed by atoms with Gasteiger partial charge in [-0.15, -0.1) is 0 Å². The summed E-state index contributed by atoms with van der Waals surface area (Å²) in [6.45, 7) is 2.91. The van der Waals surface area contributed by atoms with E-state index in [9.17, 15) is 13.3 Å². The zero-order chi connectivity index (χ0) is 10.2. The van der Waals surface area contributed by atoms with E-state index in [-0.39, 0.29) is 11.0 Å². The van der Waals surface area contributed by atoms with Crippen molar-refractivity contribution >= 4 is 18.1 Å². The smallest absolute Gasteiger partial charge is 0.160 e. The Morgan fingerprint density at radius 3 is 2.15 bits per heavy atom. The average molecular weight is 205 g/mol. The molecule has 0 amide bonds. The summed E-state index contributed by atoms with van der Waals surface area (Å²) in [6.07, 6.45) is 0. The third-order valence-corrected chi connectivity index (χ3v) is 3.20. The predicted molar refractivity (Wildman–Crippen MR) is 49.9 cm³/mol. The Morgan fingerprint density at radius 1 is 1.23 bits per heavy atom. The quantitative estimate of drug-likeness (QED) is 0.561. The first-order chi connectivity index (χ1) is 5.82. The summed E-state index contributed by atoms with van der Waals surface area (Å²) in [5.74, 6) is -2.04. The molecule has 2 N–H and O–H groups in total. The summed E-state index contributed by atoms with van der Waals surface area (Å²) < 4.78 is 36.9. The Morgan fingerprint density at radius 2 is 1.69 bits per heavy atom. The Labute approximate surface area is 75.1 Å². The molecule has 5 heteroatoms. The SMILES string of the molecule is CP(C)(=O)c1cc(F)c(F)cc1N. The van der Waals surface area contributed by atoms with Crippen LogP contribution in [0.15, 0.2) is 12.1 Å². The second-order valence-electron chi connectivity index (χ2n) is 3.18. The van der Waals surface area contributed by atoms with E-state index in [1.807, 2.05) is 0 Å². The molecule has 0 radical (unpaired) electrons. The highest BCUT2D eigenvalue weighted by Gasteiger charge is 2.17. The lowest BCUT2D eigenvalue weighted by molar-refractivity contribution is 0.510. The van der Waals surface area contributed by atoms with Gasteiger partial charge in [0, 0.05) is 17.1 Å². The zero-order valence-electron chi connectivity index (χ0n) is 7.34. The Bertz CT molecular complexity index is 386. The van der Waals surface area contributed by atoms with Crippen LogP contribution in [0.5, 0.6) is 0 Å². The molecule has 0 aliphatic heterocycles. The van der Waals surface area contributed by atoms with Gasteiger partial charge in [-0.3, -0.25) is 0 Å². The van der Waals surface area contributed by atoms with Crippen LogP contribution in [0.2, 0.25) is 0 Å². The number of hydrogen-bond donors (Lipinski definition) is 1. The van der Waals surface area contributed by atoms with Crippen LogP contribution in [0, 0.1) is 11.6 Å². The number of halogens is 2. The second-order valence-corrected chi connectivity index (χ2v) is 6.36. The van der Waals surface area contributed by atoms with Gasteiger partial charge in [-0.2, -0.15) is 0 Å². The minimum absolute atomic E-state index is 0.0345. The first kappa shape index (κ1) is 10.2. The fourth-order valence-electron chi connectivity index (χ4n) is 1.02. The van der Waals surface area contributed by atoms with E-state index in [4.69, 9.17) is 5.73 Å². The number of hydrogen-bond acceptors (Lipinski definition) is 2. The molecular formula is C8H10F2NOP. The summed E-state index contributed by atoms with van der Waals surface area (Å²) in [5.41, 5.74) is 5.43. The molecule has 0 saturated carbocycles. The average Bonchev–Trinajstić information content (AvgIpc) is 1.94. The van der Waals surface area contributed by atoms with E-state index >= 15 is 0 Å². The molecule has 0 aliphatic rings. The maximum absolute atomic E-state index is 12.7. The van der Waals surface area contributed by atoms with Gasteiger partial charge in [0.15, 0.2) is 11.6 Å². The fraction of sp³-hybridized carbons (Fsp3) is 0.250. The fourth-order valence-corrected chi connectivity index (χ4v) is 2.13. The molecule has 0 spiro atoms. The summed E-state index contributed by atoms with van der Waals surface area (Å²) >= 11 is 0. The molecule has 2 nitrogen and oxygen atoms in total. The van der Waals surface area contributed by atoms with Crippen molar-refractivity contribution in [3.8, 4) is 0 Å². The van der Waals surface area contributed by atoms with Crippen molar-refractivity contribution in [2.24, 2.45) is 0 Å². The number of rotatable bonds is 1. The third-order valence-electron chi connectivity index (χ3n) is 1.65. The van der Waals surface area contributed by atoms with Crippen LogP contribution >= 0.6 is 7.14 Å². The topological polar surface area (TPSA) is 43.1 Å². The second kappa shape index (κ2) is 3.11. The normalized spacial score (nSPS) is 11.7. The van der Waals surface area contributed by atoms with Crippen LogP contribution in [0.1, 0.15) is 0 Å². The van der Waals surface area contributed by atoms with Crippen LogP contribution < -0.4 is 11.0 Å². The largest absolute Gasteiger partial charge is 0.398 e. The van der Waals surface area contributed by atoms with E-state index in [0.29, 0.717) is 0 Å². The monoisotopic (exact) mass is 205 g/mol. The molecule has 0 heterocycles. The molecule has 0 bridgehead atoms. The summed E-state index contributed by atoms with van der Waals surface area (Å²) in [7, 11) is -2.63. The highest BCUT2D eigenvalue weighted by molar-refractivity contribution is 7.70. The molecule has 1 aromatic carbocycles. The summed E-state index contributed by atoms with van der Waals surface area (Å²) in [6, 6.07) is 1.75. The highest BCUT2D eigenvalue weighted by Crippen LogP contribution is 2.37. The molecule has 13 heavy (non-hydrogen) atoms. The van der Waals surface area contributed by atoms with Crippen molar-refractivity contribution in [2.75, 3.05) is 19.1 Å². The lowest BCUT2D eigenvalue weighted by atomic mass is 10.3. The Hall–Kier alpha value is -0.890. The van der Waals surface area contributed by atoms with Gasteiger partial charge in [0.2, 0.25) is 0 Å². The van der Waals surface area contributed by atoms with Gasteiger partial charge in [0.05, 0.1) is 0 Å². The van der Waals surface area contributed by atoms with Gasteiger partial charge < -0.3 is 10.3 Å². The molecule has 1 rings (SSSR count). The van der Waals surface area contributed by atoms with Crippen molar-refractivity contribution < 1.29 is 13.3 Å². The molecule has 0 fully saturated rings. The maximum Gasteiger partial charge on any atom is 0.160 e. The molecule has 0 saturated heterocycles. The third kappa shape index (κ3) is 2.07. The van der Waals surface area contributed by atoms with Crippen molar-refractivity contribution in [1.29, 1.82) is 0 Å². The maximum atomic E-state index is 12.7.